The number of nitrogens with one attached hydrogen (secondary N) is 2. The Hall–Kier alpha value is -2.63. The van der Waals surface area contributed by atoms with Crippen LogP contribution in [0.15, 0.2) is 66.0 Å². The molecule has 0 unspecified atom stereocenters. The lowest BCUT2D eigenvalue weighted by Crippen LogP contribution is -2.31. The Morgan fingerprint density at radius 2 is 1.68 bits per heavy atom. The molecule has 1 aromatic heterocycles. The minimum Gasteiger partial charge on any atom is -0.497 e. The first-order valence-corrected chi connectivity index (χ1v) is 10.3. The number of thiophene rings is 1. The number of carbonyl (C=O) groups is 1. The molecule has 1 amide bonds. The lowest BCUT2D eigenvalue weighted by molar-refractivity contribution is -0.115. The van der Waals surface area contributed by atoms with Crippen molar-refractivity contribution in [3.05, 3.63) is 82.0 Å². The van der Waals surface area contributed by atoms with Gasteiger partial charge in [0, 0.05) is 10.6 Å². The minimum atomic E-state index is -0.0782. The minimum absolute atomic E-state index is 0.0113. The summed E-state index contributed by atoms with van der Waals surface area (Å²) in [5.74, 6) is 1.18. The Morgan fingerprint density at radius 1 is 1.00 bits per heavy atom. The molecule has 5 heteroatoms. The highest BCUT2D eigenvalue weighted by molar-refractivity contribution is 7.10. The molecule has 1 atom stereocenters. The molecular formula is C23H26N2O2S. The first-order valence-electron chi connectivity index (χ1n) is 9.37. The van der Waals surface area contributed by atoms with Gasteiger partial charge in [-0.1, -0.05) is 44.2 Å². The van der Waals surface area contributed by atoms with Crippen molar-refractivity contribution in [1.29, 1.82) is 0 Å². The lowest BCUT2D eigenvalue weighted by atomic mass is 9.98. The number of ether oxygens (including phenoxy) is 1. The van der Waals surface area contributed by atoms with E-state index < -0.39 is 0 Å². The lowest BCUT2D eigenvalue weighted by Gasteiger charge is -2.19. The summed E-state index contributed by atoms with van der Waals surface area (Å²) in [6.45, 7) is 4.60. The van der Waals surface area contributed by atoms with E-state index in [1.54, 1.807) is 18.4 Å². The summed E-state index contributed by atoms with van der Waals surface area (Å²) < 4.78 is 5.14. The maximum Gasteiger partial charge on any atom is 0.238 e. The van der Waals surface area contributed by atoms with Crippen LogP contribution < -0.4 is 15.4 Å². The van der Waals surface area contributed by atoms with Gasteiger partial charge in [-0.05, 0) is 52.8 Å². The topological polar surface area (TPSA) is 50.4 Å². The Morgan fingerprint density at radius 3 is 2.25 bits per heavy atom. The molecule has 2 N–H and O–H groups in total. The van der Waals surface area contributed by atoms with Crippen LogP contribution in [0.4, 0.5) is 5.69 Å². The summed E-state index contributed by atoms with van der Waals surface area (Å²) in [7, 11) is 1.62. The third-order valence-electron chi connectivity index (χ3n) is 4.60. The van der Waals surface area contributed by atoms with E-state index in [9.17, 15) is 4.79 Å². The maximum atomic E-state index is 12.4. The van der Waals surface area contributed by atoms with Gasteiger partial charge in [-0.25, -0.2) is 0 Å². The van der Waals surface area contributed by atoms with Gasteiger partial charge in [-0.3, -0.25) is 10.1 Å². The van der Waals surface area contributed by atoms with E-state index in [0.29, 0.717) is 5.92 Å². The fourth-order valence-corrected chi connectivity index (χ4v) is 3.81. The first kappa shape index (κ1) is 20.1. The maximum absolute atomic E-state index is 12.4. The van der Waals surface area contributed by atoms with E-state index in [0.717, 1.165) is 17.0 Å². The molecule has 2 aromatic carbocycles. The monoisotopic (exact) mass is 394 g/mol. The highest BCUT2D eigenvalue weighted by atomic mass is 32.1. The van der Waals surface area contributed by atoms with Crippen molar-refractivity contribution in [1.82, 2.24) is 5.32 Å². The number of carbonyl (C=O) groups excluding carboxylic acids is 1. The summed E-state index contributed by atoms with van der Waals surface area (Å²) in [4.78, 5) is 13.6. The molecule has 28 heavy (non-hydrogen) atoms. The summed E-state index contributed by atoms with van der Waals surface area (Å²) >= 11 is 1.69. The molecule has 0 saturated heterocycles. The van der Waals surface area contributed by atoms with Crippen LogP contribution in [0.25, 0.3) is 0 Å². The molecule has 146 valence electrons. The van der Waals surface area contributed by atoms with Crippen molar-refractivity contribution in [2.75, 3.05) is 19.0 Å². The van der Waals surface area contributed by atoms with Gasteiger partial charge in [-0.15, -0.1) is 11.3 Å². The molecule has 1 heterocycles. The molecular weight excluding hydrogens is 368 g/mol. The average molecular weight is 395 g/mol. The SMILES string of the molecule is COc1ccc(NC(=O)CN[C@@H](c2ccc(C(C)C)cc2)c2cccs2)cc1. The Labute approximate surface area is 170 Å². The second-order valence-electron chi connectivity index (χ2n) is 6.93. The van der Waals surface area contributed by atoms with Crippen LogP contribution >= 0.6 is 11.3 Å². The van der Waals surface area contributed by atoms with Crippen molar-refractivity contribution in [3.63, 3.8) is 0 Å². The second kappa shape index (κ2) is 9.53. The molecule has 0 aliphatic rings. The van der Waals surface area contributed by atoms with E-state index >= 15 is 0 Å². The van der Waals surface area contributed by atoms with Gasteiger partial charge in [-0.2, -0.15) is 0 Å². The molecule has 3 rings (SSSR count). The van der Waals surface area contributed by atoms with Crippen LogP contribution in [0.2, 0.25) is 0 Å². The number of amides is 1. The second-order valence-corrected chi connectivity index (χ2v) is 7.91. The summed E-state index contributed by atoms with van der Waals surface area (Å²) in [5.41, 5.74) is 3.22. The van der Waals surface area contributed by atoms with Crippen LogP contribution in [-0.4, -0.2) is 19.6 Å². The molecule has 0 aliphatic carbocycles. The molecule has 4 nitrogen and oxygen atoms in total. The van der Waals surface area contributed by atoms with Gasteiger partial charge in [0.25, 0.3) is 0 Å². The number of benzene rings is 2. The Kier molecular flexibility index (Phi) is 6.85. The molecule has 0 spiro atoms. The fraction of sp³-hybridized carbons (Fsp3) is 0.261. The van der Waals surface area contributed by atoms with Crippen LogP contribution in [0.1, 0.15) is 41.8 Å². The van der Waals surface area contributed by atoms with E-state index in [2.05, 4.69) is 60.2 Å². The quantitative estimate of drug-likeness (QED) is 0.552. The van der Waals surface area contributed by atoms with Crippen LogP contribution in [0, 0.1) is 0 Å². The molecule has 0 fully saturated rings. The zero-order valence-electron chi connectivity index (χ0n) is 16.4. The first-order chi connectivity index (χ1) is 13.6. The molecule has 0 saturated carbocycles. The van der Waals surface area contributed by atoms with Gasteiger partial charge in [0.15, 0.2) is 0 Å². The van der Waals surface area contributed by atoms with Crippen LogP contribution in [0.3, 0.4) is 0 Å². The predicted octanol–water partition coefficient (Wildman–Crippen LogP) is 5.20. The van der Waals surface area contributed by atoms with Gasteiger partial charge in [0.05, 0.1) is 19.7 Å². The van der Waals surface area contributed by atoms with Crippen LogP contribution in [-0.2, 0) is 4.79 Å². The van der Waals surface area contributed by atoms with E-state index in [-0.39, 0.29) is 18.5 Å². The number of hydrogen-bond acceptors (Lipinski definition) is 4. The molecule has 0 bridgehead atoms. The summed E-state index contributed by atoms with van der Waals surface area (Å²) in [6, 6.07) is 20.1. The van der Waals surface area contributed by atoms with Gasteiger partial charge in [0.2, 0.25) is 5.91 Å². The van der Waals surface area contributed by atoms with Crippen molar-refractivity contribution in [2.45, 2.75) is 25.8 Å². The zero-order valence-corrected chi connectivity index (χ0v) is 17.3. The van der Waals surface area contributed by atoms with Crippen molar-refractivity contribution >= 4 is 22.9 Å². The largest absolute Gasteiger partial charge is 0.497 e. The Bertz CT molecular complexity index is 872. The number of rotatable bonds is 8. The zero-order chi connectivity index (χ0) is 19.9. The molecule has 0 aliphatic heterocycles. The molecule has 3 aromatic rings. The highest BCUT2D eigenvalue weighted by Gasteiger charge is 2.16. The average Bonchev–Trinajstić information content (AvgIpc) is 3.23. The number of anilines is 1. The fourth-order valence-electron chi connectivity index (χ4n) is 2.99. The number of hydrogen-bond donors (Lipinski definition) is 2. The smallest absolute Gasteiger partial charge is 0.238 e. The third-order valence-corrected chi connectivity index (χ3v) is 5.54. The molecule has 0 radical (unpaired) electrons. The third kappa shape index (κ3) is 5.21. The van der Waals surface area contributed by atoms with Gasteiger partial charge >= 0.3 is 0 Å². The van der Waals surface area contributed by atoms with Gasteiger partial charge < -0.3 is 10.1 Å². The van der Waals surface area contributed by atoms with Crippen molar-refractivity contribution < 1.29 is 9.53 Å². The normalized spacial score (nSPS) is 12.0. The predicted molar refractivity (Wildman–Crippen MR) is 116 cm³/mol. The number of methoxy groups -OCH3 is 1. The summed E-state index contributed by atoms with van der Waals surface area (Å²) in [6.07, 6.45) is 0. The van der Waals surface area contributed by atoms with Crippen molar-refractivity contribution in [2.24, 2.45) is 0 Å². The van der Waals surface area contributed by atoms with E-state index in [4.69, 9.17) is 4.74 Å². The van der Waals surface area contributed by atoms with Crippen LogP contribution in [0.5, 0.6) is 5.75 Å². The van der Waals surface area contributed by atoms with E-state index in [1.807, 2.05) is 30.3 Å². The summed E-state index contributed by atoms with van der Waals surface area (Å²) in [5, 5.41) is 8.38. The standard InChI is InChI=1S/C23H26N2O2S/c1-16(2)17-6-8-18(9-7-17)23(21-5-4-14-28-21)24-15-22(26)25-19-10-12-20(27-3)13-11-19/h4-14,16,23-24H,15H2,1-3H3,(H,25,26)/t23-/m0/s1. The van der Waals surface area contributed by atoms with E-state index in [1.165, 1.54) is 10.4 Å². The Balaban J connectivity index is 1.67. The van der Waals surface area contributed by atoms with Gasteiger partial charge in [0.1, 0.15) is 5.75 Å². The highest BCUT2D eigenvalue weighted by Crippen LogP contribution is 2.27. The van der Waals surface area contributed by atoms with Crippen molar-refractivity contribution in [3.8, 4) is 5.75 Å².